The van der Waals surface area contributed by atoms with Crippen LogP contribution in [-0.2, 0) is 9.53 Å². The standard InChI is InChI=1S/C29H49NO3/c1-19(7-6-14-27(2,3)32)23-10-11-24-22-9-8-20-17-21(33-26(31)18-30)12-15-28(20,4)25(22)13-16-29(23,24)5/h8,19,21-25,32H,6-7,9-18,30H2,1-5H3/t19-,21+,22+,23-,24+,25+,28+,29-/m1/s1. The summed E-state index contributed by atoms with van der Waals surface area (Å²) in [6.07, 6.45) is 15.6. The third-order valence-corrected chi connectivity index (χ3v) is 10.7. The van der Waals surface area contributed by atoms with Crippen molar-refractivity contribution in [2.75, 3.05) is 6.54 Å². The summed E-state index contributed by atoms with van der Waals surface area (Å²) >= 11 is 0. The van der Waals surface area contributed by atoms with Gasteiger partial charge in [-0.25, -0.2) is 0 Å². The van der Waals surface area contributed by atoms with E-state index in [1.54, 1.807) is 5.57 Å². The molecule has 4 rings (SSSR count). The number of fused-ring (bicyclic) bond motifs is 5. The number of allylic oxidation sites excluding steroid dienone is 1. The second kappa shape index (κ2) is 9.30. The fraction of sp³-hybridized carbons (Fsp3) is 0.897. The Labute approximate surface area is 202 Å². The molecule has 0 spiro atoms. The lowest BCUT2D eigenvalue weighted by Gasteiger charge is -2.58. The van der Waals surface area contributed by atoms with Crippen molar-refractivity contribution in [3.8, 4) is 0 Å². The van der Waals surface area contributed by atoms with Gasteiger partial charge in [0.2, 0.25) is 0 Å². The fourth-order valence-corrected chi connectivity index (χ4v) is 9.00. The number of hydrogen-bond acceptors (Lipinski definition) is 4. The molecule has 3 fully saturated rings. The first-order chi connectivity index (χ1) is 15.5. The number of aliphatic hydroxyl groups is 1. The molecule has 0 radical (unpaired) electrons. The predicted molar refractivity (Wildman–Crippen MR) is 133 cm³/mol. The maximum atomic E-state index is 11.7. The summed E-state index contributed by atoms with van der Waals surface area (Å²) in [5.74, 6) is 3.76. The Morgan fingerprint density at radius 3 is 2.67 bits per heavy atom. The summed E-state index contributed by atoms with van der Waals surface area (Å²) < 4.78 is 5.63. The zero-order chi connectivity index (χ0) is 24.0. The second-order valence-corrected chi connectivity index (χ2v) is 13.2. The van der Waals surface area contributed by atoms with Crippen LogP contribution in [0.15, 0.2) is 11.6 Å². The molecule has 4 heteroatoms. The van der Waals surface area contributed by atoms with Gasteiger partial charge in [0, 0.05) is 6.42 Å². The first-order valence-electron chi connectivity index (χ1n) is 13.8. The molecule has 3 N–H and O–H groups in total. The van der Waals surface area contributed by atoms with Crippen molar-refractivity contribution in [1.29, 1.82) is 0 Å². The lowest BCUT2D eigenvalue weighted by atomic mass is 9.47. The zero-order valence-corrected chi connectivity index (χ0v) is 21.9. The van der Waals surface area contributed by atoms with E-state index in [-0.39, 0.29) is 24.0 Å². The molecule has 0 heterocycles. The predicted octanol–water partition coefficient (Wildman–Crippen LogP) is 6.01. The van der Waals surface area contributed by atoms with E-state index in [1.807, 2.05) is 13.8 Å². The van der Waals surface area contributed by atoms with E-state index in [4.69, 9.17) is 10.5 Å². The molecule has 0 bridgehead atoms. The summed E-state index contributed by atoms with van der Waals surface area (Å²) in [6.45, 7) is 11.5. The lowest BCUT2D eigenvalue weighted by molar-refractivity contribution is -0.149. The smallest absolute Gasteiger partial charge is 0.319 e. The Hall–Kier alpha value is -0.870. The summed E-state index contributed by atoms with van der Waals surface area (Å²) in [6, 6.07) is 0. The summed E-state index contributed by atoms with van der Waals surface area (Å²) in [5, 5.41) is 10.1. The molecule has 3 saturated carbocycles. The molecule has 0 aromatic carbocycles. The van der Waals surface area contributed by atoms with Gasteiger partial charge in [0.1, 0.15) is 6.10 Å². The fourth-order valence-electron chi connectivity index (χ4n) is 9.00. The Kier molecular flexibility index (Phi) is 7.11. The molecule has 0 aromatic rings. The molecule has 0 aromatic heterocycles. The number of esters is 1. The Morgan fingerprint density at radius 2 is 1.97 bits per heavy atom. The quantitative estimate of drug-likeness (QED) is 0.361. The van der Waals surface area contributed by atoms with Crippen LogP contribution in [0.2, 0.25) is 0 Å². The molecular weight excluding hydrogens is 410 g/mol. The van der Waals surface area contributed by atoms with Crippen molar-refractivity contribution in [3.05, 3.63) is 11.6 Å². The van der Waals surface area contributed by atoms with E-state index in [9.17, 15) is 9.90 Å². The van der Waals surface area contributed by atoms with E-state index in [0.29, 0.717) is 5.41 Å². The van der Waals surface area contributed by atoms with Crippen LogP contribution in [0.4, 0.5) is 0 Å². The van der Waals surface area contributed by atoms with Crippen LogP contribution in [-0.4, -0.2) is 29.3 Å². The highest BCUT2D eigenvalue weighted by atomic mass is 16.5. The van der Waals surface area contributed by atoms with Gasteiger partial charge in [-0.1, -0.05) is 45.3 Å². The molecule has 0 saturated heterocycles. The molecule has 33 heavy (non-hydrogen) atoms. The highest BCUT2D eigenvalue weighted by Gasteiger charge is 2.59. The topological polar surface area (TPSA) is 72.5 Å². The van der Waals surface area contributed by atoms with Crippen LogP contribution in [0.1, 0.15) is 105 Å². The molecule has 8 atom stereocenters. The van der Waals surface area contributed by atoms with Crippen LogP contribution >= 0.6 is 0 Å². The largest absolute Gasteiger partial charge is 0.461 e. The second-order valence-electron chi connectivity index (χ2n) is 13.2. The maximum absolute atomic E-state index is 11.7. The minimum absolute atomic E-state index is 0.0187. The van der Waals surface area contributed by atoms with Gasteiger partial charge in [-0.15, -0.1) is 0 Å². The van der Waals surface area contributed by atoms with Crippen LogP contribution in [0.3, 0.4) is 0 Å². The molecular formula is C29H49NO3. The van der Waals surface area contributed by atoms with E-state index in [0.717, 1.165) is 61.7 Å². The Bertz CT molecular complexity index is 754. The van der Waals surface area contributed by atoms with Gasteiger partial charge in [0.25, 0.3) is 0 Å². The van der Waals surface area contributed by atoms with Crippen LogP contribution < -0.4 is 5.73 Å². The first-order valence-corrected chi connectivity index (χ1v) is 13.8. The third-order valence-electron chi connectivity index (χ3n) is 10.7. The van der Waals surface area contributed by atoms with Crippen LogP contribution in [0.25, 0.3) is 0 Å². The highest BCUT2D eigenvalue weighted by molar-refractivity contribution is 5.71. The minimum atomic E-state index is -0.539. The summed E-state index contributed by atoms with van der Waals surface area (Å²) in [4.78, 5) is 11.7. The molecule has 0 unspecified atom stereocenters. The molecule has 4 nitrogen and oxygen atoms in total. The van der Waals surface area contributed by atoms with Crippen molar-refractivity contribution in [2.24, 2.45) is 46.2 Å². The Morgan fingerprint density at radius 1 is 1.21 bits per heavy atom. The van der Waals surface area contributed by atoms with E-state index in [2.05, 4.69) is 26.8 Å². The molecule has 0 aliphatic heterocycles. The van der Waals surface area contributed by atoms with E-state index < -0.39 is 5.60 Å². The SMILES string of the molecule is C[C@H](CCCC(C)(C)O)[C@H]1CC[C@H]2[C@@H]3CC=C4C[C@@H](OC(=O)CN)CC[C@]4(C)[C@H]3CC[C@]12C. The van der Waals surface area contributed by atoms with Crippen molar-refractivity contribution in [3.63, 3.8) is 0 Å². The normalized spacial score (nSPS) is 41.4. The van der Waals surface area contributed by atoms with Crippen molar-refractivity contribution in [1.82, 2.24) is 0 Å². The van der Waals surface area contributed by atoms with Crippen LogP contribution in [0.5, 0.6) is 0 Å². The van der Waals surface area contributed by atoms with Gasteiger partial charge in [0.05, 0.1) is 12.1 Å². The number of carbonyl (C=O) groups excluding carboxylic acids is 1. The number of ether oxygens (including phenoxy) is 1. The number of hydrogen-bond donors (Lipinski definition) is 2. The van der Waals surface area contributed by atoms with E-state index in [1.165, 1.54) is 38.5 Å². The van der Waals surface area contributed by atoms with Crippen molar-refractivity contribution >= 4 is 5.97 Å². The van der Waals surface area contributed by atoms with Crippen molar-refractivity contribution in [2.45, 2.75) is 117 Å². The lowest BCUT2D eigenvalue weighted by Crippen LogP contribution is -2.51. The summed E-state index contributed by atoms with van der Waals surface area (Å²) in [5.41, 5.74) is 7.25. The van der Waals surface area contributed by atoms with Gasteiger partial charge in [-0.2, -0.15) is 0 Å². The highest BCUT2D eigenvalue weighted by Crippen LogP contribution is 2.67. The van der Waals surface area contributed by atoms with Crippen molar-refractivity contribution < 1.29 is 14.6 Å². The monoisotopic (exact) mass is 459 g/mol. The minimum Gasteiger partial charge on any atom is -0.461 e. The maximum Gasteiger partial charge on any atom is 0.319 e. The zero-order valence-electron chi connectivity index (χ0n) is 21.9. The first kappa shape index (κ1) is 25.2. The molecule has 4 aliphatic carbocycles. The average Bonchev–Trinajstić information content (AvgIpc) is 3.10. The molecule has 188 valence electrons. The molecule has 4 aliphatic rings. The van der Waals surface area contributed by atoms with Gasteiger partial charge < -0.3 is 15.6 Å². The molecule has 0 amide bonds. The Balaban J connectivity index is 1.44. The van der Waals surface area contributed by atoms with Gasteiger partial charge in [-0.05, 0) is 106 Å². The number of nitrogens with two attached hydrogens (primary N) is 1. The van der Waals surface area contributed by atoms with Gasteiger partial charge in [0.15, 0.2) is 0 Å². The van der Waals surface area contributed by atoms with Gasteiger partial charge >= 0.3 is 5.97 Å². The van der Waals surface area contributed by atoms with Gasteiger partial charge in [-0.3, -0.25) is 4.79 Å². The van der Waals surface area contributed by atoms with Crippen LogP contribution in [0, 0.1) is 40.4 Å². The number of carbonyl (C=O) groups is 1. The summed E-state index contributed by atoms with van der Waals surface area (Å²) in [7, 11) is 0. The average molecular weight is 460 g/mol. The van der Waals surface area contributed by atoms with E-state index >= 15 is 0 Å². The number of rotatable bonds is 7. The third kappa shape index (κ3) is 4.81.